The Hall–Kier alpha value is -2.12. The molecule has 0 aliphatic carbocycles. The first-order valence-electron chi connectivity index (χ1n) is 6.11. The Kier molecular flexibility index (Phi) is 4.69. The van der Waals surface area contributed by atoms with Gasteiger partial charge in [0.15, 0.2) is 0 Å². The lowest BCUT2D eigenvalue weighted by atomic mass is 10.2. The monoisotopic (exact) mass is 286 g/mol. The number of hydrogen-bond acceptors (Lipinski definition) is 6. The zero-order valence-corrected chi connectivity index (χ0v) is 12.0. The molecule has 3 amide bonds. The molecular weight excluding hydrogens is 268 g/mol. The summed E-state index contributed by atoms with van der Waals surface area (Å²) >= 11 is 0. The summed E-state index contributed by atoms with van der Waals surface area (Å²) in [5, 5.41) is 0.436. The Labute approximate surface area is 116 Å². The molecule has 0 aromatic carbocycles. The fourth-order valence-electron chi connectivity index (χ4n) is 1.39. The second-order valence-corrected chi connectivity index (χ2v) is 5.38. The molecule has 1 aliphatic rings. The van der Waals surface area contributed by atoms with Gasteiger partial charge in [-0.05, 0) is 20.8 Å². The van der Waals surface area contributed by atoms with Gasteiger partial charge < -0.3 is 14.5 Å². The van der Waals surface area contributed by atoms with Crippen LogP contribution in [0.1, 0.15) is 33.6 Å². The third-order valence-electron chi connectivity index (χ3n) is 2.27. The number of amides is 3. The average Bonchev–Trinajstić information content (AvgIpc) is 2.58. The average molecular weight is 286 g/mol. The van der Waals surface area contributed by atoms with Crippen molar-refractivity contribution < 1.29 is 28.8 Å². The number of hydroxylamine groups is 2. The first kappa shape index (κ1) is 15.9. The minimum Gasteiger partial charge on any atom is -0.444 e. The normalized spacial score (nSPS) is 15.3. The molecule has 1 heterocycles. The van der Waals surface area contributed by atoms with Crippen molar-refractivity contribution in [1.82, 2.24) is 9.96 Å². The maximum atomic E-state index is 11.6. The highest BCUT2D eigenvalue weighted by molar-refractivity contribution is 6.01. The molecule has 0 atom stereocenters. The lowest BCUT2D eigenvalue weighted by Gasteiger charge is -2.24. The van der Waals surface area contributed by atoms with Gasteiger partial charge in [-0.2, -0.15) is 0 Å². The summed E-state index contributed by atoms with van der Waals surface area (Å²) in [4.78, 5) is 51.3. The van der Waals surface area contributed by atoms with Gasteiger partial charge >= 0.3 is 12.1 Å². The van der Waals surface area contributed by atoms with E-state index in [2.05, 4.69) is 4.84 Å². The first-order chi connectivity index (χ1) is 9.10. The Morgan fingerprint density at radius 1 is 1.20 bits per heavy atom. The van der Waals surface area contributed by atoms with Gasteiger partial charge in [0, 0.05) is 19.9 Å². The summed E-state index contributed by atoms with van der Waals surface area (Å²) in [5.41, 5.74) is -0.684. The zero-order chi connectivity index (χ0) is 15.5. The van der Waals surface area contributed by atoms with Crippen molar-refractivity contribution in [3.05, 3.63) is 0 Å². The van der Waals surface area contributed by atoms with E-state index >= 15 is 0 Å². The predicted octanol–water partition coefficient (Wildman–Crippen LogP) is 0.460. The van der Waals surface area contributed by atoms with Crippen molar-refractivity contribution in [2.24, 2.45) is 0 Å². The van der Waals surface area contributed by atoms with Crippen LogP contribution in [-0.4, -0.2) is 53.0 Å². The molecule has 0 radical (unpaired) electrons. The summed E-state index contributed by atoms with van der Waals surface area (Å²) in [6, 6.07) is 0. The lowest BCUT2D eigenvalue weighted by molar-refractivity contribution is -0.197. The number of carbonyl (C=O) groups is 4. The van der Waals surface area contributed by atoms with Crippen LogP contribution in [0.4, 0.5) is 4.79 Å². The van der Waals surface area contributed by atoms with Crippen molar-refractivity contribution in [2.45, 2.75) is 39.2 Å². The second kappa shape index (κ2) is 5.89. The third-order valence-corrected chi connectivity index (χ3v) is 2.27. The molecule has 112 valence electrons. The van der Waals surface area contributed by atoms with Crippen molar-refractivity contribution in [3.63, 3.8) is 0 Å². The highest BCUT2D eigenvalue weighted by Gasteiger charge is 2.33. The molecule has 1 fully saturated rings. The second-order valence-electron chi connectivity index (χ2n) is 5.38. The van der Waals surface area contributed by atoms with E-state index in [0.29, 0.717) is 5.06 Å². The molecule has 0 bridgehead atoms. The van der Waals surface area contributed by atoms with Gasteiger partial charge in [0.25, 0.3) is 11.8 Å². The molecule has 1 rings (SSSR count). The summed E-state index contributed by atoms with van der Waals surface area (Å²) in [6.45, 7) is 4.65. The molecule has 20 heavy (non-hydrogen) atoms. The van der Waals surface area contributed by atoms with Crippen molar-refractivity contribution in [3.8, 4) is 0 Å². The van der Waals surface area contributed by atoms with E-state index in [-0.39, 0.29) is 12.8 Å². The number of imide groups is 1. The van der Waals surface area contributed by atoms with Gasteiger partial charge in [-0.1, -0.05) is 0 Å². The number of rotatable bonds is 3. The van der Waals surface area contributed by atoms with Gasteiger partial charge in [-0.25, -0.2) is 9.59 Å². The highest BCUT2D eigenvalue weighted by atomic mass is 16.7. The summed E-state index contributed by atoms with van der Waals surface area (Å²) in [6.07, 6.45) is -0.657. The van der Waals surface area contributed by atoms with Crippen LogP contribution in [-0.2, 0) is 24.0 Å². The van der Waals surface area contributed by atoms with Crippen molar-refractivity contribution >= 4 is 23.9 Å². The van der Waals surface area contributed by atoms with Crippen LogP contribution in [0.15, 0.2) is 0 Å². The van der Waals surface area contributed by atoms with Crippen LogP contribution in [0, 0.1) is 0 Å². The maximum Gasteiger partial charge on any atom is 0.410 e. The molecule has 1 aliphatic heterocycles. The number of likely N-dealkylation sites (N-methyl/N-ethyl adjacent to an activating group) is 1. The molecule has 0 aromatic rings. The molecule has 8 nitrogen and oxygen atoms in total. The highest BCUT2D eigenvalue weighted by Crippen LogP contribution is 2.13. The van der Waals surface area contributed by atoms with Gasteiger partial charge in [-0.3, -0.25) is 9.59 Å². The van der Waals surface area contributed by atoms with E-state index in [1.165, 1.54) is 7.05 Å². The van der Waals surface area contributed by atoms with Crippen LogP contribution < -0.4 is 0 Å². The van der Waals surface area contributed by atoms with Crippen molar-refractivity contribution in [1.29, 1.82) is 0 Å². The van der Waals surface area contributed by atoms with Crippen LogP contribution in [0.5, 0.6) is 0 Å². The van der Waals surface area contributed by atoms with E-state index in [1.807, 2.05) is 0 Å². The Bertz CT molecular complexity index is 424. The molecule has 0 N–H and O–H groups in total. The van der Waals surface area contributed by atoms with E-state index in [4.69, 9.17) is 4.74 Å². The number of nitrogens with zero attached hydrogens (tertiary/aromatic N) is 2. The Morgan fingerprint density at radius 3 is 2.15 bits per heavy atom. The quantitative estimate of drug-likeness (QED) is 0.700. The lowest BCUT2D eigenvalue weighted by Crippen LogP contribution is -2.40. The zero-order valence-electron chi connectivity index (χ0n) is 12.0. The van der Waals surface area contributed by atoms with Crippen LogP contribution in [0.3, 0.4) is 0 Å². The Morgan fingerprint density at radius 2 is 1.70 bits per heavy atom. The SMILES string of the molecule is CN(CC(=O)ON1C(=O)CCC1=O)C(=O)OC(C)(C)C. The smallest absolute Gasteiger partial charge is 0.410 e. The summed E-state index contributed by atoms with van der Waals surface area (Å²) < 4.78 is 5.04. The molecule has 0 aromatic heterocycles. The van der Waals surface area contributed by atoms with Crippen LogP contribution in [0.25, 0.3) is 0 Å². The molecule has 0 spiro atoms. The summed E-state index contributed by atoms with van der Waals surface area (Å²) in [7, 11) is 1.35. The predicted molar refractivity (Wildman–Crippen MR) is 66.0 cm³/mol. The van der Waals surface area contributed by atoms with Crippen molar-refractivity contribution in [2.75, 3.05) is 13.6 Å². The van der Waals surface area contributed by atoms with E-state index in [0.717, 1.165) is 4.90 Å². The molecular formula is C12H18N2O6. The Balaban J connectivity index is 2.48. The van der Waals surface area contributed by atoms with Gasteiger partial charge in [-0.15, -0.1) is 5.06 Å². The number of ether oxygens (including phenoxy) is 1. The van der Waals surface area contributed by atoms with Crippen LogP contribution in [0.2, 0.25) is 0 Å². The standard InChI is InChI=1S/C12H18N2O6/c1-12(2,3)19-11(18)13(4)7-10(17)20-14-8(15)5-6-9(14)16/h5-7H2,1-4H3. The topological polar surface area (TPSA) is 93.2 Å². The van der Waals surface area contributed by atoms with E-state index in [9.17, 15) is 19.2 Å². The maximum absolute atomic E-state index is 11.6. The number of hydrogen-bond donors (Lipinski definition) is 0. The molecule has 0 saturated carbocycles. The van der Waals surface area contributed by atoms with E-state index in [1.54, 1.807) is 20.8 Å². The first-order valence-corrected chi connectivity index (χ1v) is 6.11. The molecule has 8 heteroatoms. The fourth-order valence-corrected chi connectivity index (χ4v) is 1.39. The largest absolute Gasteiger partial charge is 0.444 e. The minimum atomic E-state index is -0.887. The van der Waals surface area contributed by atoms with Crippen LogP contribution >= 0.6 is 0 Å². The number of carbonyl (C=O) groups excluding carboxylic acids is 4. The molecule has 1 saturated heterocycles. The summed E-state index contributed by atoms with van der Waals surface area (Å²) in [5.74, 6) is -2.02. The third kappa shape index (κ3) is 4.52. The fraction of sp³-hybridized carbons (Fsp3) is 0.667. The van der Waals surface area contributed by atoms with Gasteiger partial charge in [0.1, 0.15) is 12.1 Å². The van der Waals surface area contributed by atoms with E-state index < -0.39 is 36.0 Å². The minimum absolute atomic E-state index is 0.0218. The molecule has 0 unspecified atom stereocenters. The van der Waals surface area contributed by atoms with Gasteiger partial charge in [0.2, 0.25) is 0 Å². The van der Waals surface area contributed by atoms with Gasteiger partial charge in [0.05, 0.1) is 0 Å².